The first-order valence-corrected chi connectivity index (χ1v) is 7.74. The summed E-state index contributed by atoms with van der Waals surface area (Å²) in [4.78, 5) is 0. The lowest BCUT2D eigenvalue weighted by atomic mass is 9.92. The smallest absolute Gasteiger partial charge is 0.123 e. The summed E-state index contributed by atoms with van der Waals surface area (Å²) in [5.41, 5.74) is 2.79. The molecule has 0 aliphatic carbocycles. The van der Waals surface area contributed by atoms with E-state index in [1.807, 2.05) is 11.8 Å². The van der Waals surface area contributed by atoms with Crippen molar-refractivity contribution < 1.29 is 4.74 Å². The van der Waals surface area contributed by atoms with Gasteiger partial charge in [0.15, 0.2) is 0 Å². The Balaban J connectivity index is 2.40. The Morgan fingerprint density at radius 3 is 2.83 bits per heavy atom. The topological polar surface area (TPSA) is 21.3 Å². The number of hydrogen-bond acceptors (Lipinski definition) is 3. The fourth-order valence-electron chi connectivity index (χ4n) is 2.70. The molecule has 0 spiro atoms. The summed E-state index contributed by atoms with van der Waals surface area (Å²) < 4.78 is 5.49. The quantitative estimate of drug-likeness (QED) is 0.898. The lowest BCUT2D eigenvalue weighted by molar-refractivity contribution is 0.403. The predicted molar refractivity (Wildman–Crippen MR) is 79.3 cm³/mol. The van der Waals surface area contributed by atoms with E-state index in [4.69, 9.17) is 4.74 Å². The highest BCUT2D eigenvalue weighted by molar-refractivity contribution is 7.99. The van der Waals surface area contributed by atoms with Gasteiger partial charge in [0.25, 0.3) is 0 Å². The zero-order valence-corrected chi connectivity index (χ0v) is 12.5. The lowest BCUT2D eigenvalue weighted by Crippen LogP contribution is -2.36. The average molecular weight is 265 g/mol. The Labute approximate surface area is 114 Å². The molecule has 0 aromatic heterocycles. The number of methoxy groups -OCH3 is 1. The maximum atomic E-state index is 5.49. The summed E-state index contributed by atoms with van der Waals surface area (Å²) >= 11 is 2.05. The van der Waals surface area contributed by atoms with Crippen LogP contribution >= 0.6 is 11.8 Å². The zero-order valence-electron chi connectivity index (χ0n) is 11.7. The number of benzene rings is 1. The average Bonchev–Trinajstić information content (AvgIpc) is 2.38. The maximum absolute atomic E-state index is 5.49. The first-order chi connectivity index (χ1) is 8.69. The van der Waals surface area contributed by atoms with Crippen molar-refractivity contribution >= 4 is 11.8 Å². The molecule has 2 rings (SSSR count). The van der Waals surface area contributed by atoms with Crippen molar-refractivity contribution in [3.05, 3.63) is 29.3 Å². The minimum atomic E-state index is 0.443. The van der Waals surface area contributed by atoms with Gasteiger partial charge in [0.2, 0.25) is 0 Å². The van der Waals surface area contributed by atoms with E-state index in [0.29, 0.717) is 17.2 Å². The van der Waals surface area contributed by atoms with Crippen LogP contribution in [0.4, 0.5) is 0 Å². The molecule has 2 unspecified atom stereocenters. The number of rotatable bonds is 4. The SMILES string of the molecule is CCNC1c2cccc(OC)c2CSC1C(C)C. The summed E-state index contributed by atoms with van der Waals surface area (Å²) in [6.07, 6.45) is 0. The third kappa shape index (κ3) is 2.52. The molecule has 1 N–H and O–H groups in total. The first-order valence-electron chi connectivity index (χ1n) is 6.69. The molecule has 0 saturated carbocycles. The summed E-state index contributed by atoms with van der Waals surface area (Å²) in [6, 6.07) is 6.87. The van der Waals surface area contributed by atoms with Crippen LogP contribution in [-0.2, 0) is 5.75 Å². The molecule has 1 aliphatic heterocycles. The van der Waals surface area contributed by atoms with Crippen molar-refractivity contribution in [1.82, 2.24) is 5.32 Å². The Hall–Kier alpha value is -0.670. The molecule has 100 valence electrons. The molecule has 0 bridgehead atoms. The highest BCUT2D eigenvalue weighted by Gasteiger charge is 2.32. The van der Waals surface area contributed by atoms with Crippen LogP contribution in [0.5, 0.6) is 5.75 Å². The van der Waals surface area contributed by atoms with Gasteiger partial charge in [-0.1, -0.05) is 32.9 Å². The minimum absolute atomic E-state index is 0.443. The third-order valence-electron chi connectivity index (χ3n) is 3.55. The van der Waals surface area contributed by atoms with Gasteiger partial charge in [0.05, 0.1) is 7.11 Å². The molecule has 1 aromatic rings. The molecule has 0 radical (unpaired) electrons. The molecule has 0 saturated heterocycles. The van der Waals surface area contributed by atoms with Gasteiger partial charge < -0.3 is 10.1 Å². The van der Waals surface area contributed by atoms with Crippen molar-refractivity contribution in [2.45, 2.75) is 37.8 Å². The van der Waals surface area contributed by atoms with Crippen LogP contribution in [0.15, 0.2) is 18.2 Å². The van der Waals surface area contributed by atoms with Crippen molar-refractivity contribution in [3.8, 4) is 5.75 Å². The molecule has 1 aliphatic rings. The normalized spacial score (nSPS) is 22.9. The van der Waals surface area contributed by atoms with E-state index in [2.05, 4.69) is 44.3 Å². The van der Waals surface area contributed by atoms with E-state index in [9.17, 15) is 0 Å². The molecule has 18 heavy (non-hydrogen) atoms. The van der Waals surface area contributed by atoms with Gasteiger partial charge in [-0.25, -0.2) is 0 Å². The number of hydrogen-bond donors (Lipinski definition) is 1. The van der Waals surface area contributed by atoms with Gasteiger partial charge in [-0.3, -0.25) is 0 Å². The van der Waals surface area contributed by atoms with Crippen LogP contribution in [0.3, 0.4) is 0 Å². The molecule has 0 fully saturated rings. The van der Waals surface area contributed by atoms with Crippen LogP contribution < -0.4 is 10.1 Å². The Kier molecular flexibility index (Phi) is 4.57. The Morgan fingerprint density at radius 1 is 1.44 bits per heavy atom. The fraction of sp³-hybridized carbons (Fsp3) is 0.600. The van der Waals surface area contributed by atoms with Crippen molar-refractivity contribution in [3.63, 3.8) is 0 Å². The van der Waals surface area contributed by atoms with Gasteiger partial charge in [-0.2, -0.15) is 11.8 Å². The van der Waals surface area contributed by atoms with E-state index in [-0.39, 0.29) is 0 Å². The number of ether oxygens (including phenoxy) is 1. The maximum Gasteiger partial charge on any atom is 0.123 e. The molecule has 2 nitrogen and oxygen atoms in total. The first kappa shape index (κ1) is 13.8. The summed E-state index contributed by atoms with van der Waals surface area (Å²) in [7, 11) is 1.76. The van der Waals surface area contributed by atoms with Gasteiger partial charge >= 0.3 is 0 Å². The van der Waals surface area contributed by atoms with Crippen molar-refractivity contribution in [1.29, 1.82) is 0 Å². The largest absolute Gasteiger partial charge is 0.496 e. The van der Waals surface area contributed by atoms with E-state index >= 15 is 0 Å². The van der Waals surface area contributed by atoms with E-state index in [1.54, 1.807) is 7.11 Å². The highest BCUT2D eigenvalue weighted by atomic mass is 32.2. The fourth-order valence-corrected chi connectivity index (χ4v) is 4.18. The molecule has 1 aromatic carbocycles. The Bertz CT molecular complexity index is 405. The van der Waals surface area contributed by atoms with E-state index < -0.39 is 0 Å². The summed E-state index contributed by atoms with van der Waals surface area (Å²) in [5, 5.41) is 4.29. The summed E-state index contributed by atoms with van der Waals surface area (Å²) in [5.74, 6) is 2.77. The van der Waals surface area contributed by atoms with Crippen LogP contribution in [0.25, 0.3) is 0 Å². The van der Waals surface area contributed by atoms with Crippen LogP contribution in [-0.4, -0.2) is 18.9 Å². The molecular weight excluding hydrogens is 242 g/mol. The zero-order chi connectivity index (χ0) is 13.1. The van der Waals surface area contributed by atoms with E-state index in [1.165, 1.54) is 11.1 Å². The highest BCUT2D eigenvalue weighted by Crippen LogP contribution is 2.43. The second-order valence-corrected chi connectivity index (χ2v) is 6.25. The second-order valence-electron chi connectivity index (χ2n) is 5.08. The third-order valence-corrected chi connectivity index (χ3v) is 5.21. The van der Waals surface area contributed by atoms with Crippen LogP contribution in [0, 0.1) is 5.92 Å². The number of thioether (sulfide) groups is 1. The van der Waals surface area contributed by atoms with Gasteiger partial charge in [-0.15, -0.1) is 0 Å². The predicted octanol–water partition coefficient (Wildman–Crippen LogP) is 3.62. The molecule has 2 atom stereocenters. The lowest BCUT2D eigenvalue weighted by Gasteiger charge is -2.36. The summed E-state index contributed by atoms with van der Waals surface area (Å²) in [6.45, 7) is 7.81. The number of nitrogens with one attached hydrogen (secondary N) is 1. The monoisotopic (exact) mass is 265 g/mol. The molecule has 0 amide bonds. The van der Waals surface area contributed by atoms with Gasteiger partial charge in [0, 0.05) is 22.6 Å². The Morgan fingerprint density at radius 2 is 2.22 bits per heavy atom. The van der Waals surface area contributed by atoms with Gasteiger partial charge in [-0.05, 0) is 24.1 Å². The van der Waals surface area contributed by atoms with Crippen molar-refractivity contribution in [2.75, 3.05) is 13.7 Å². The standard InChI is InChI=1S/C15H23NOS/c1-5-16-14-11-7-6-8-13(17-4)12(11)9-18-15(14)10(2)3/h6-8,10,14-16H,5,9H2,1-4H3. The van der Waals surface area contributed by atoms with Crippen LogP contribution in [0.2, 0.25) is 0 Å². The molecule has 3 heteroatoms. The number of fused-ring (bicyclic) bond motifs is 1. The van der Waals surface area contributed by atoms with Crippen molar-refractivity contribution in [2.24, 2.45) is 5.92 Å². The minimum Gasteiger partial charge on any atom is -0.496 e. The van der Waals surface area contributed by atoms with E-state index in [0.717, 1.165) is 18.0 Å². The molecule has 1 heterocycles. The molecular formula is C15H23NOS. The second kappa shape index (κ2) is 5.98. The van der Waals surface area contributed by atoms with Gasteiger partial charge in [0.1, 0.15) is 5.75 Å². The van der Waals surface area contributed by atoms with Crippen LogP contribution in [0.1, 0.15) is 37.9 Å².